The van der Waals surface area contributed by atoms with Crippen LogP contribution in [0.1, 0.15) is 46.4 Å². The molecule has 1 fully saturated rings. The average molecular weight is 539 g/mol. The number of benzene rings is 2. The summed E-state index contributed by atoms with van der Waals surface area (Å²) in [6.07, 6.45) is 3.91. The number of esters is 2. The number of pyridine rings is 2. The highest BCUT2D eigenvalue weighted by molar-refractivity contribution is 5.92. The molecule has 5 rings (SSSR count). The molecule has 4 aromatic rings. The van der Waals surface area contributed by atoms with Gasteiger partial charge in [-0.3, -0.25) is 4.79 Å². The summed E-state index contributed by atoms with van der Waals surface area (Å²) in [6.45, 7) is 0. The van der Waals surface area contributed by atoms with Gasteiger partial charge in [0.05, 0.1) is 17.0 Å². The fourth-order valence-corrected chi connectivity index (χ4v) is 4.43. The summed E-state index contributed by atoms with van der Waals surface area (Å²) in [6, 6.07) is 23.6. The maximum Gasteiger partial charge on any atom is 0.344 e. The lowest BCUT2D eigenvalue weighted by atomic mass is 9.87. The van der Waals surface area contributed by atoms with E-state index in [9.17, 15) is 19.5 Å². The Kier molecular flexibility index (Phi) is 8.10. The van der Waals surface area contributed by atoms with Crippen LogP contribution >= 0.6 is 0 Å². The third-order valence-corrected chi connectivity index (χ3v) is 6.60. The van der Waals surface area contributed by atoms with Gasteiger partial charge in [-0.15, -0.1) is 0 Å². The van der Waals surface area contributed by atoms with Gasteiger partial charge in [0.15, 0.2) is 0 Å². The number of carboxylic acid groups (broad SMARTS) is 1. The van der Waals surface area contributed by atoms with Crippen molar-refractivity contribution in [3.63, 3.8) is 0 Å². The number of hydrogen-bond acceptors (Lipinski definition) is 8. The SMILES string of the molecule is O=C(Oc1ccc(-c2ccc(OC3CCC(C(=O)O)CC3)nc2)c(OC(=O)c2ccccc2)n1)c1ccccc1. The number of hydrogen-bond donors (Lipinski definition) is 1. The van der Waals surface area contributed by atoms with Gasteiger partial charge in [0.2, 0.25) is 17.6 Å². The number of aromatic nitrogens is 2. The number of aliphatic carboxylic acids is 1. The smallest absolute Gasteiger partial charge is 0.344 e. The van der Waals surface area contributed by atoms with Crippen molar-refractivity contribution in [1.82, 2.24) is 9.97 Å². The molecule has 9 heteroatoms. The van der Waals surface area contributed by atoms with E-state index in [-0.39, 0.29) is 23.8 Å². The first-order valence-electron chi connectivity index (χ1n) is 12.9. The van der Waals surface area contributed by atoms with Gasteiger partial charge in [-0.1, -0.05) is 36.4 Å². The molecule has 9 nitrogen and oxygen atoms in total. The number of nitrogens with zero attached hydrogens (tertiary/aromatic N) is 2. The summed E-state index contributed by atoms with van der Waals surface area (Å²) in [4.78, 5) is 45.3. The number of carboxylic acids is 1. The van der Waals surface area contributed by atoms with Crippen molar-refractivity contribution < 1.29 is 33.7 Å². The summed E-state index contributed by atoms with van der Waals surface area (Å²) in [5.74, 6) is -1.97. The minimum absolute atomic E-state index is 0.0293. The lowest BCUT2D eigenvalue weighted by Crippen LogP contribution is -2.28. The van der Waals surface area contributed by atoms with Crippen LogP contribution in [0.15, 0.2) is 91.1 Å². The topological polar surface area (TPSA) is 125 Å². The van der Waals surface area contributed by atoms with E-state index in [4.69, 9.17) is 14.2 Å². The second kappa shape index (κ2) is 12.2. The molecule has 202 valence electrons. The molecule has 0 radical (unpaired) electrons. The molecule has 0 amide bonds. The minimum atomic E-state index is -0.765. The highest BCUT2D eigenvalue weighted by Crippen LogP contribution is 2.33. The molecule has 0 saturated heterocycles. The Morgan fingerprint density at radius 2 is 1.30 bits per heavy atom. The average Bonchev–Trinajstić information content (AvgIpc) is 2.99. The molecule has 1 N–H and O–H groups in total. The van der Waals surface area contributed by atoms with Gasteiger partial charge >= 0.3 is 17.9 Å². The largest absolute Gasteiger partial charge is 0.481 e. The Balaban J connectivity index is 1.36. The zero-order chi connectivity index (χ0) is 27.9. The summed E-state index contributed by atoms with van der Waals surface area (Å²) >= 11 is 0. The third kappa shape index (κ3) is 6.50. The van der Waals surface area contributed by atoms with Gasteiger partial charge in [-0.2, -0.15) is 4.98 Å². The fourth-order valence-electron chi connectivity index (χ4n) is 4.43. The predicted octanol–water partition coefficient (Wildman–Crippen LogP) is 5.60. The summed E-state index contributed by atoms with van der Waals surface area (Å²) in [7, 11) is 0. The van der Waals surface area contributed by atoms with Crippen molar-refractivity contribution in [1.29, 1.82) is 0 Å². The van der Waals surface area contributed by atoms with Crippen molar-refractivity contribution in [3.05, 3.63) is 102 Å². The molecule has 2 aromatic carbocycles. The van der Waals surface area contributed by atoms with Crippen molar-refractivity contribution in [2.24, 2.45) is 5.92 Å². The Hall–Kier alpha value is -5.05. The van der Waals surface area contributed by atoms with Crippen LogP contribution in [0.3, 0.4) is 0 Å². The van der Waals surface area contributed by atoms with E-state index in [0.29, 0.717) is 53.8 Å². The normalized spacial score (nSPS) is 16.5. The number of ether oxygens (including phenoxy) is 3. The van der Waals surface area contributed by atoms with E-state index < -0.39 is 17.9 Å². The van der Waals surface area contributed by atoms with Crippen molar-refractivity contribution in [2.45, 2.75) is 31.8 Å². The van der Waals surface area contributed by atoms with Gasteiger partial charge < -0.3 is 19.3 Å². The van der Waals surface area contributed by atoms with Gasteiger partial charge in [0, 0.05) is 29.5 Å². The maximum atomic E-state index is 12.9. The van der Waals surface area contributed by atoms with Crippen molar-refractivity contribution in [3.8, 4) is 28.8 Å². The predicted molar refractivity (Wildman–Crippen MR) is 144 cm³/mol. The van der Waals surface area contributed by atoms with Crippen LogP contribution < -0.4 is 14.2 Å². The molecule has 0 bridgehead atoms. The van der Waals surface area contributed by atoms with Gasteiger partial charge in [0.25, 0.3) is 0 Å². The Morgan fingerprint density at radius 3 is 1.88 bits per heavy atom. The summed E-state index contributed by atoms with van der Waals surface area (Å²) in [5.41, 5.74) is 1.75. The van der Waals surface area contributed by atoms with Crippen molar-refractivity contribution >= 4 is 17.9 Å². The van der Waals surface area contributed by atoms with E-state index in [1.54, 1.807) is 85.1 Å². The van der Waals surface area contributed by atoms with E-state index in [1.165, 1.54) is 6.07 Å². The molecular formula is C31H26N2O7. The van der Waals surface area contributed by atoms with Crippen LogP contribution in [0.5, 0.6) is 17.6 Å². The van der Waals surface area contributed by atoms with Crippen LogP contribution in [0.4, 0.5) is 0 Å². The fraction of sp³-hybridized carbons (Fsp3) is 0.194. The monoisotopic (exact) mass is 538 g/mol. The van der Waals surface area contributed by atoms with Crippen molar-refractivity contribution in [2.75, 3.05) is 0 Å². The molecule has 0 atom stereocenters. The molecule has 40 heavy (non-hydrogen) atoms. The Morgan fingerprint density at radius 1 is 0.700 bits per heavy atom. The molecule has 2 aromatic heterocycles. The lowest BCUT2D eigenvalue weighted by molar-refractivity contribution is -0.143. The second-order valence-corrected chi connectivity index (χ2v) is 9.33. The first-order chi connectivity index (χ1) is 19.5. The first kappa shape index (κ1) is 26.6. The van der Waals surface area contributed by atoms with E-state index in [0.717, 1.165) is 0 Å². The molecule has 0 unspecified atom stereocenters. The molecule has 1 saturated carbocycles. The maximum absolute atomic E-state index is 12.9. The lowest BCUT2D eigenvalue weighted by Gasteiger charge is -2.26. The van der Waals surface area contributed by atoms with Gasteiger partial charge in [-0.05, 0) is 62.1 Å². The van der Waals surface area contributed by atoms with Crippen LogP contribution in [0.25, 0.3) is 11.1 Å². The second-order valence-electron chi connectivity index (χ2n) is 9.33. The molecule has 0 aliphatic heterocycles. The highest BCUT2D eigenvalue weighted by Gasteiger charge is 2.27. The number of carbonyl (C=O) groups excluding carboxylic acids is 2. The number of rotatable bonds is 8. The molecular weight excluding hydrogens is 512 g/mol. The van der Waals surface area contributed by atoms with Crippen LogP contribution in [0, 0.1) is 5.92 Å². The van der Waals surface area contributed by atoms with Gasteiger partial charge in [-0.25, -0.2) is 14.6 Å². The molecule has 2 heterocycles. The molecule has 1 aliphatic carbocycles. The summed E-state index contributed by atoms with van der Waals surface area (Å²) in [5, 5.41) is 9.19. The molecule has 1 aliphatic rings. The first-order valence-corrected chi connectivity index (χ1v) is 12.9. The van der Waals surface area contributed by atoms with Crippen LogP contribution in [-0.2, 0) is 4.79 Å². The Labute approximate surface area is 230 Å². The van der Waals surface area contributed by atoms with Crippen LogP contribution in [-0.4, -0.2) is 39.1 Å². The zero-order valence-corrected chi connectivity index (χ0v) is 21.4. The zero-order valence-electron chi connectivity index (χ0n) is 21.4. The summed E-state index contributed by atoms with van der Waals surface area (Å²) < 4.78 is 17.0. The molecule has 0 spiro atoms. The number of carbonyl (C=O) groups is 3. The minimum Gasteiger partial charge on any atom is -0.481 e. The quantitative estimate of drug-likeness (QED) is 0.285. The Bertz CT molecular complexity index is 1480. The third-order valence-electron chi connectivity index (χ3n) is 6.60. The van der Waals surface area contributed by atoms with E-state index >= 15 is 0 Å². The van der Waals surface area contributed by atoms with E-state index in [2.05, 4.69) is 9.97 Å². The van der Waals surface area contributed by atoms with Gasteiger partial charge in [0.1, 0.15) is 6.10 Å². The van der Waals surface area contributed by atoms with E-state index in [1.807, 2.05) is 0 Å². The highest BCUT2D eigenvalue weighted by atomic mass is 16.6. The standard InChI is InChI=1S/C31H26N2O7/c34-29(35)20-11-14-24(15-12-20)38-26-17-13-23(19-32-26)25-16-18-27(39-30(36)21-7-3-1-4-8-21)33-28(25)40-31(37)22-9-5-2-6-10-22/h1-10,13,16-20,24H,11-12,14-15H2,(H,34,35). The van der Waals surface area contributed by atoms with Crippen LogP contribution in [0.2, 0.25) is 0 Å².